The van der Waals surface area contributed by atoms with E-state index in [4.69, 9.17) is 16.3 Å². The fourth-order valence-electron chi connectivity index (χ4n) is 4.48. The Kier molecular flexibility index (Phi) is 4.73. The fraction of sp³-hybridized carbons (Fsp3) is 0.391. The Morgan fingerprint density at radius 2 is 1.83 bits per heavy atom. The molecule has 4 rings (SSSR count). The van der Waals surface area contributed by atoms with E-state index >= 15 is 0 Å². The van der Waals surface area contributed by atoms with Crippen LogP contribution in [0.15, 0.2) is 36.4 Å². The van der Waals surface area contributed by atoms with Crippen LogP contribution in [0.5, 0.6) is 5.75 Å². The molecule has 0 atom stereocenters. The number of carbonyl (C=O) groups is 2. The molecule has 1 spiro atoms. The average molecular weight is 429 g/mol. The monoisotopic (exact) mass is 428 g/mol. The lowest BCUT2D eigenvalue weighted by Gasteiger charge is -2.46. The van der Waals surface area contributed by atoms with Crippen LogP contribution in [0.2, 0.25) is 5.02 Å². The predicted molar refractivity (Wildman–Crippen MR) is 116 cm³/mol. The first-order valence-corrected chi connectivity index (χ1v) is 10.2. The Morgan fingerprint density at radius 3 is 2.37 bits per heavy atom. The second-order valence-corrected chi connectivity index (χ2v) is 9.49. The maximum atomic E-state index is 13.7. The number of fused-ring (bicyclic) bond motifs is 2. The van der Waals surface area contributed by atoms with Gasteiger partial charge in [-0.15, -0.1) is 0 Å². The standard InChI is InChI=1S/C23H25ClN2O4/c1-22(2,3)17-9-15(24)10-18-19(17)23(12-25(13-23)21(28)29)20(27)26(18)11-14-5-7-16(30-4)8-6-14/h5-10H,11-13H2,1-4H3,(H,28,29). The molecule has 30 heavy (non-hydrogen) atoms. The summed E-state index contributed by atoms with van der Waals surface area (Å²) in [6, 6.07) is 11.3. The zero-order valence-corrected chi connectivity index (χ0v) is 18.3. The SMILES string of the molecule is COc1ccc(CN2C(=O)C3(CN(C(=O)O)C3)c3c2cc(Cl)cc3C(C)(C)C)cc1. The van der Waals surface area contributed by atoms with Gasteiger partial charge in [-0.05, 0) is 46.4 Å². The van der Waals surface area contributed by atoms with Crippen molar-refractivity contribution in [3.63, 3.8) is 0 Å². The van der Waals surface area contributed by atoms with Crippen LogP contribution in [0.3, 0.4) is 0 Å². The molecule has 158 valence electrons. The van der Waals surface area contributed by atoms with Gasteiger partial charge >= 0.3 is 6.09 Å². The third-order valence-corrected chi connectivity index (χ3v) is 6.22. The number of anilines is 1. The second-order valence-electron chi connectivity index (χ2n) is 9.06. The number of hydrogen-bond donors (Lipinski definition) is 1. The summed E-state index contributed by atoms with van der Waals surface area (Å²) in [6.07, 6.45) is -1.00. The summed E-state index contributed by atoms with van der Waals surface area (Å²) in [4.78, 5) is 28.2. The Bertz CT molecular complexity index is 1020. The number of hydrogen-bond acceptors (Lipinski definition) is 3. The molecule has 7 heteroatoms. The van der Waals surface area contributed by atoms with Gasteiger partial charge in [0.1, 0.15) is 11.2 Å². The summed E-state index contributed by atoms with van der Waals surface area (Å²) in [6.45, 7) is 6.95. The van der Waals surface area contributed by atoms with Crippen LogP contribution >= 0.6 is 11.6 Å². The third-order valence-electron chi connectivity index (χ3n) is 6.01. The molecule has 1 saturated heterocycles. The molecule has 1 N–H and O–H groups in total. The molecule has 0 radical (unpaired) electrons. The van der Waals surface area contributed by atoms with E-state index in [0.717, 1.165) is 28.1 Å². The van der Waals surface area contributed by atoms with Gasteiger partial charge in [0.15, 0.2) is 0 Å². The Morgan fingerprint density at radius 1 is 1.20 bits per heavy atom. The second kappa shape index (κ2) is 6.91. The third kappa shape index (κ3) is 3.10. The van der Waals surface area contributed by atoms with E-state index in [2.05, 4.69) is 20.8 Å². The van der Waals surface area contributed by atoms with E-state index in [0.29, 0.717) is 11.6 Å². The van der Waals surface area contributed by atoms with Crippen LogP contribution < -0.4 is 9.64 Å². The number of likely N-dealkylation sites (tertiary alicyclic amines) is 1. The first-order valence-electron chi connectivity index (χ1n) is 9.84. The summed E-state index contributed by atoms with van der Waals surface area (Å²) in [5.74, 6) is 0.677. The predicted octanol–water partition coefficient (Wildman–Crippen LogP) is 4.42. The first kappa shape index (κ1) is 20.5. The van der Waals surface area contributed by atoms with Crippen molar-refractivity contribution in [3.8, 4) is 5.75 Å². The molecule has 2 aromatic carbocycles. The molecule has 0 unspecified atom stereocenters. The van der Waals surface area contributed by atoms with Gasteiger partial charge in [0.05, 0.1) is 19.3 Å². The van der Waals surface area contributed by atoms with E-state index in [1.165, 1.54) is 4.90 Å². The summed E-state index contributed by atoms with van der Waals surface area (Å²) >= 11 is 6.46. The zero-order valence-electron chi connectivity index (χ0n) is 17.5. The fourth-order valence-corrected chi connectivity index (χ4v) is 4.69. The Hall–Kier alpha value is -2.73. The maximum Gasteiger partial charge on any atom is 0.407 e. The van der Waals surface area contributed by atoms with Crippen LogP contribution in [0, 0.1) is 0 Å². The van der Waals surface area contributed by atoms with E-state index in [1.54, 1.807) is 12.0 Å². The minimum atomic E-state index is -1.00. The lowest BCUT2D eigenvalue weighted by atomic mass is 9.69. The van der Waals surface area contributed by atoms with Crippen molar-refractivity contribution in [1.82, 2.24) is 4.90 Å². The summed E-state index contributed by atoms with van der Waals surface area (Å²) < 4.78 is 5.22. The highest BCUT2D eigenvalue weighted by atomic mass is 35.5. The highest BCUT2D eigenvalue weighted by Gasteiger charge is 2.60. The van der Waals surface area contributed by atoms with Crippen molar-refractivity contribution in [2.75, 3.05) is 25.1 Å². The van der Waals surface area contributed by atoms with E-state index in [1.807, 2.05) is 36.4 Å². The summed E-state index contributed by atoms with van der Waals surface area (Å²) in [5, 5.41) is 9.97. The molecule has 2 amide bonds. The molecule has 6 nitrogen and oxygen atoms in total. The Balaban J connectivity index is 1.82. The number of carboxylic acid groups (broad SMARTS) is 1. The normalized spacial score (nSPS) is 17.2. The number of methoxy groups -OCH3 is 1. The van der Waals surface area contributed by atoms with Crippen LogP contribution in [-0.4, -0.2) is 42.2 Å². The van der Waals surface area contributed by atoms with Crippen molar-refractivity contribution < 1.29 is 19.4 Å². The molecule has 2 aliphatic rings. The molecule has 0 aliphatic carbocycles. The molecular weight excluding hydrogens is 404 g/mol. The van der Waals surface area contributed by atoms with Crippen LogP contribution in [0.4, 0.5) is 10.5 Å². The van der Waals surface area contributed by atoms with Gasteiger partial charge in [0, 0.05) is 18.1 Å². The van der Waals surface area contributed by atoms with Crippen molar-refractivity contribution in [2.45, 2.75) is 38.1 Å². The molecule has 2 heterocycles. The quantitative estimate of drug-likeness (QED) is 0.785. The van der Waals surface area contributed by atoms with Gasteiger partial charge in [0.2, 0.25) is 5.91 Å². The number of ether oxygens (including phenoxy) is 1. The number of rotatable bonds is 3. The number of benzene rings is 2. The van der Waals surface area contributed by atoms with Crippen molar-refractivity contribution >= 4 is 29.3 Å². The molecular formula is C23H25ClN2O4. The van der Waals surface area contributed by atoms with Gasteiger partial charge in [-0.2, -0.15) is 0 Å². The number of halogens is 1. The van der Waals surface area contributed by atoms with Crippen LogP contribution in [0.1, 0.15) is 37.5 Å². The molecule has 0 saturated carbocycles. The van der Waals surface area contributed by atoms with Crippen molar-refractivity contribution in [2.24, 2.45) is 0 Å². The molecule has 0 aromatic heterocycles. The molecule has 2 aliphatic heterocycles. The first-order chi connectivity index (χ1) is 14.1. The minimum absolute atomic E-state index is 0.0708. The lowest BCUT2D eigenvalue weighted by molar-refractivity contribution is -0.128. The number of amides is 2. The van der Waals surface area contributed by atoms with Crippen molar-refractivity contribution in [3.05, 3.63) is 58.1 Å². The summed E-state index contributed by atoms with van der Waals surface area (Å²) in [7, 11) is 1.61. The van der Waals surface area contributed by atoms with E-state index < -0.39 is 11.5 Å². The topological polar surface area (TPSA) is 70.1 Å². The van der Waals surface area contributed by atoms with E-state index in [9.17, 15) is 14.7 Å². The van der Waals surface area contributed by atoms with Crippen molar-refractivity contribution in [1.29, 1.82) is 0 Å². The largest absolute Gasteiger partial charge is 0.497 e. The number of nitrogens with zero attached hydrogens (tertiary/aromatic N) is 2. The van der Waals surface area contributed by atoms with Gasteiger partial charge in [-0.3, -0.25) is 4.79 Å². The smallest absolute Gasteiger partial charge is 0.407 e. The van der Waals surface area contributed by atoms with Crippen LogP contribution in [-0.2, 0) is 22.2 Å². The minimum Gasteiger partial charge on any atom is -0.497 e. The Labute approximate surface area is 181 Å². The highest BCUT2D eigenvalue weighted by molar-refractivity contribution is 6.31. The highest BCUT2D eigenvalue weighted by Crippen LogP contribution is 2.52. The maximum absolute atomic E-state index is 13.7. The average Bonchev–Trinajstić information content (AvgIpc) is 2.88. The van der Waals surface area contributed by atoms with Gasteiger partial charge in [0.25, 0.3) is 0 Å². The van der Waals surface area contributed by atoms with E-state index in [-0.39, 0.29) is 24.4 Å². The van der Waals surface area contributed by atoms with Gasteiger partial charge < -0.3 is 19.6 Å². The molecule has 0 bridgehead atoms. The summed E-state index contributed by atoms with van der Waals surface area (Å²) in [5.41, 5.74) is 2.53. The van der Waals surface area contributed by atoms with Gasteiger partial charge in [-0.1, -0.05) is 44.5 Å². The lowest BCUT2D eigenvalue weighted by Crippen LogP contribution is -2.65. The number of carbonyl (C=O) groups excluding carboxylic acids is 1. The van der Waals surface area contributed by atoms with Gasteiger partial charge in [-0.25, -0.2) is 4.79 Å². The van der Waals surface area contributed by atoms with Crippen LogP contribution in [0.25, 0.3) is 0 Å². The molecule has 1 fully saturated rings. The zero-order chi connectivity index (χ0) is 21.8. The molecule has 2 aromatic rings.